The SMILES string of the molecule is Cl.Fc1ccccc1N1CCN(c2ncc3cn[nH]c3n2)CC1. The molecule has 0 amide bonds. The third kappa shape index (κ3) is 2.92. The molecule has 3 aromatic rings. The number of H-pyrrole nitrogens is 1. The fourth-order valence-electron chi connectivity index (χ4n) is 2.74. The highest BCUT2D eigenvalue weighted by Crippen LogP contribution is 2.21. The number of para-hydroxylation sites is 1. The lowest BCUT2D eigenvalue weighted by Gasteiger charge is -2.36. The summed E-state index contributed by atoms with van der Waals surface area (Å²) in [6.45, 7) is 3.00. The van der Waals surface area contributed by atoms with E-state index >= 15 is 0 Å². The van der Waals surface area contributed by atoms with Gasteiger partial charge in [0.1, 0.15) is 5.82 Å². The van der Waals surface area contributed by atoms with Crippen molar-refractivity contribution in [3.63, 3.8) is 0 Å². The number of rotatable bonds is 2. The summed E-state index contributed by atoms with van der Waals surface area (Å²) >= 11 is 0. The van der Waals surface area contributed by atoms with Crippen LogP contribution in [0.4, 0.5) is 16.0 Å². The molecule has 0 bridgehead atoms. The normalized spacial score (nSPS) is 14.8. The van der Waals surface area contributed by atoms with Crippen LogP contribution in [0.3, 0.4) is 0 Å². The zero-order chi connectivity index (χ0) is 14.9. The highest BCUT2D eigenvalue weighted by atomic mass is 35.5. The molecule has 2 aromatic heterocycles. The fraction of sp³-hybridized carbons (Fsp3) is 0.267. The molecule has 120 valence electrons. The predicted molar refractivity (Wildman–Crippen MR) is 89.8 cm³/mol. The van der Waals surface area contributed by atoms with Gasteiger partial charge in [-0.2, -0.15) is 10.1 Å². The molecule has 1 saturated heterocycles. The summed E-state index contributed by atoms with van der Waals surface area (Å²) in [7, 11) is 0. The first-order valence-corrected chi connectivity index (χ1v) is 7.22. The lowest BCUT2D eigenvalue weighted by Crippen LogP contribution is -2.47. The summed E-state index contributed by atoms with van der Waals surface area (Å²) in [5, 5.41) is 7.70. The number of benzene rings is 1. The number of piperazine rings is 1. The Morgan fingerprint density at radius 1 is 1.00 bits per heavy atom. The van der Waals surface area contributed by atoms with Crippen LogP contribution in [-0.2, 0) is 0 Å². The average Bonchev–Trinajstić information content (AvgIpc) is 3.03. The molecular weight excluding hydrogens is 319 g/mol. The fourth-order valence-corrected chi connectivity index (χ4v) is 2.74. The minimum absolute atomic E-state index is 0. The maximum absolute atomic E-state index is 13.8. The van der Waals surface area contributed by atoms with Crippen molar-refractivity contribution in [2.75, 3.05) is 36.0 Å². The van der Waals surface area contributed by atoms with Gasteiger partial charge in [-0.15, -0.1) is 12.4 Å². The number of nitrogens with one attached hydrogen (secondary N) is 1. The molecule has 3 heterocycles. The van der Waals surface area contributed by atoms with Gasteiger partial charge < -0.3 is 9.80 Å². The maximum Gasteiger partial charge on any atom is 0.227 e. The molecule has 1 aromatic carbocycles. The molecule has 0 unspecified atom stereocenters. The van der Waals surface area contributed by atoms with Crippen molar-refractivity contribution in [1.82, 2.24) is 20.2 Å². The Hall–Kier alpha value is -2.41. The summed E-state index contributed by atoms with van der Waals surface area (Å²) in [6, 6.07) is 6.89. The predicted octanol–water partition coefficient (Wildman–Crippen LogP) is 2.24. The topological polar surface area (TPSA) is 60.9 Å². The lowest BCUT2D eigenvalue weighted by molar-refractivity contribution is 0.594. The molecule has 0 aliphatic carbocycles. The van der Waals surface area contributed by atoms with Crippen LogP contribution >= 0.6 is 12.4 Å². The van der Waals surface area contributed by atoms with Crippen LogP contribution in [-0.4, -0.2) is 46.3 Å². The highest BCUT2D eigenvalue weighted by Gasteiger charge is 2.21. The van der Waals surface area contributed by atoms with Gasteiger partial charge in [-0.25, -0.2) is 9.37 Å². The summed E-state index contributed by atoms with van der Waals surface area (Å²) in [5.41, 5.74) is 1.40. The molecule has 6 nitrogen and oxygen atoms in total. The van der Waals surface area contributed by atoms with Crippen molar-refractivity contribution in [1.29, 1.82) is 0 Å². The van der Waals surface area contributed by atoms with Gasteiger partial charge in [0.05, 0.1) is 17.3 Å². The van der Waals surface area contributed by atoms with Crippen molar-refractivity contribution in [3.05, 3.63) is 42.5 Å². The number of aromatic amines is 1. The number of nitrogens with zero attached hydrogens (tertiary/aromatic N) is 5. The van der Waals surface area contributed by atoms with Gasteiger partial charge in [0, 0.05) is 32.4 Å². The van der Waals surface area contributed by atoms with E-state index in [1.54, 1.807) is 18.5 Å². The number of aromatic nitrogens is 4. The Bertz CT molecular complexity index is 799. The zero-order valence-corrected chi connectivity index (χ0v) is 13.1. The smallest absolute Gasteiger partial charge is 0.227 e. The van der Waals surface area contributed by atoms with Crippen molar-refractivity contribution in [3.8, 4) is 0 Å². The number of hydrogen-bond acceptors (Lipinski definition) is 5. The van der Waals surface area contributed by atoms with Crippen LogP contribution in [0, 0.1) is 5.82 Å². The molecule has 8 heteroatoms. The Balaban J connectivity index is 0.00000156. The van der Waals surface area contributed by atoms with E-state index in [4.69, 9.17) is 0 Å². The van der Waals surface area contributed by atoms with Crippen molar-refractivity contribution < 1.29 is 4.39 Å². The first-order valence-electron chi connectivity index (χ1n) is 7.22. The number of anilines is 2. The summed E-state index contributed by atoms with van der Waals surface area (Å²) in [5.74, 6) is 0.510. The first-order chi connectivity index (χ1) is 10.8. The van der Waals surface area contributed by atoms with E-state index in [0.717, 1.165) is 37.2 Å². The molecule has 1 aliphatic heterocycles. The Morgan fingerprint density at radius 2 is 1.74 bits per heavy atom. The molecule has 1 fully saturated rings. The summed E-state index contributed by atoms with van der Waals surface area (Å²) in [6.07, 6.45) is 3.47. The largest absolute Gasteiger partial charge is 0.366 e. The standard InChI is InChI=1S/C15H15FN6.ClH/c16-12-3-1-2-4-13(12)21-5-7-22(8-6-21)15-17-9-11-10-18-20-14(11)19-15;/h1-4,9-10H,5-8H2,(H,17,18,19,20);1H. The van der Waals surface area contributed by atoms with E-state index in [2.05, 4.69) is 30.0 Å². The van der Waals surface area contributed by atoms with Crippen LogP contribution in [0.5, 0.6) is 0 Å². The van der Waals surface area contributed by atoms with Crippen LogP contribution < -0.4 is 9.80 Å². The highest BCUT2D eigenvalue weighted by molar-refractivity contribution is 5.85. The van der Waals surface area contributed by atoms with Crippen LogP contribution in [0.15, 0.2) is 36.7 Å². The van der Waals surface area contributed by atoms with E-state index < -0.39 is 0 Å². The first kappa shape index (κ1) is 15.5. The van der Waals surface area contributed by atoms with Gasteiger partial charge in [0.15, 0.2) is 5.65 Å². The number of hydrogen-bond donors (Lipinski definition) is 1. The van der Waals surface area contributed by atoms with Gasteiger partial charge in [-0.3, -0.25) is 5.10 Å². The van der Waals surface area contributed by atoms with Crippen molar-refractivity contribution >= 4 is 35.1 Å². The number of halogens is 2. The van der Waals surface area contributed by atoms with Crippen LogP contribution in [0.1, 0.15) is 0 Å². The van der Waals surface area contributed by atoms with E-state index in [9.17, 15) is 4.39 Å². The molecule has 1 aliphatic rings. The maximum atomic E-state index is 13.8. The van der Waals surface area contributed by atoms with Crippen LogP contribution in [0.2, 0.25) is 0 Å². The molecule has 23 heavy (non-hydrogen) atoms. The Morgan fingerprint density at radius 3 is 2.52 bits per heavy atom. The lowest BCUT2D eigenvalue weighted by atomic mass is 10.2. The molecule has 0 atom stereocenters. The molecule has 0 radical (unpaired) electrons. The second-order valence-corrected chi connectivity index (χ2v) is 5.27. The molecule has 1 N–H and O–H groups in total. The third-order valence-electron chi connectivity index (χ3n) is 3.93. The molecule has 0 saturated carbocycles. The quantitative estimate of drug-likeness (QED) is 0.779. The molecule has 4 rings (SSSR count). The monoisotopic (exact) mass is 334 g/mol. The van der Waals surface area contributed by atoms with E-state index in [0.29, 0.717) is 11.6 Å². The third-order valence-corrected chi connectivity index (χ3v) is 3.93. The Kier molecular flexibility index (Phi) is 4.29. The van der Waals surface area contributed by atoms with Crippen LogP contribution in [0.25, 0.3) is 11.0 Å². The minimum Gasteiger partial charge on any atom is -0.366 e. The minimum atomic E-state index is -0.175. The van der Waals surface area contributed by atoms with Gasteiger partial charge >= 0.3 is 0 Å². The number of fused-ring (bicyclic) bond motifs is 1. The van der Waals surface area contributed by atoms with E-state index in [1.165, 1.54) is 6.07 Å². The summed E-state index contributed by atoms with van der Waals surface area (Å²) < 4.78 is 13.8. The second-order valence-electron chi connectivity index (χ2n) is 5.27. The van der Waals surface area contributed by atoms with Crippen molar-refractivity contribution in [2.45, 2.75) is 0 Å². The van der Waals surface area contributed by atoms with E-state index in [1.807, 2.05) is 12.1 Å². The van der Waals surface area contributed by atoms with Gasteiger partial charge in [0.2, 0.25) is 5.95 Å². The zero-order valence-electron chi connectivity index (χ0n) is 12.3. The molecular formula is C15H16ClFN6. The van der Waals surface area contributed by atoms with Crippen molar-refractivity contribution in [2.24, 2.45) is 0 Å². The average molecular weight is 335 g/mol. The molecule has 0 spiro atoms. The Labute approximate surface area is 138 Å². The van der Waals surface area contributed by atoms with Gasteiger partial charge in [0.25, 0.3) is 0 Å². The van der Waals surface area contributed by atoms with Gasteiger partial charge in [-0.1, -0.05) is 12.1 Å². The van der Waals surface area contributed by atoms with E-state index in [-0.39, 0.29) is 18.2 Å². The second kappa shape index (κ2) is 6.37. The van der Waals surface area contributed by atoms with Gasteiger partial charge in [-0.05, 0) is 12.1 Å². The summed E-state index contributed by atoms with van der Waals surface area (Å²) in [4.78, 5) is 13.0.